The maximum atomic E-state index is 11.7. The SMILES string of the molecule is CS(=O)(=O)c1ccccc1OCc1noc(N2CCCC2)n1. The Morgan fingerprint density at radius 3 is 2.73 bits per heavy atom. The van der Waals surface area contributed by atoms with Crippen LogP contribution in [0, 0.1) is 0 Å². The first kappa shape index (κ1) is 14.8. The van der Waals surface area contributed by atoms with Crippen molar-refractivity contribution in [3.8, 4) is 5.75 Å². The van der Waals surface area contributed by atoms with Gasteiger partial charge in [-0.25, -0.2) is 8.42 Å². The molecule has 1 fully saturated rings. The van der Waals surface area contributed by atoms with Crippen molar-refractivity contribution in [3.05, 3.63) is 30.1 Å². The summed E-state index contributed by atoms with van der Waals surface area (Å²) < 4.78 is 34.2. The number of sulfone groups is 1. The van der Waals surface area contributed by atoms with Crippen molar-refractivity contribution < 1.29 is 17.7 Å². The number of para-hydroxylation sites is 1. The minimum atomic E-state index is -3.34. The fourth-order valence-corrected chi connectivity index (χ4v) is 3.18. The van der Waals surface area contributed by atoms with Crippen molar-refractivity contribution in [2.75, 3.05) is 24.2 Å². The van der Waals surface area contributed by atoms with Crippen LogP contribution in [0.4, 0.5) is 6.01 Å². The van der Waals surface area contributed by atoms with Gasteiger partial charge in [-0.05, 0) is 25.0 Å². The fraction of sp³-hybridized carbons (Fsp3) is 0.429. The van der Waals surface area contributed by atoms with Crippen molar-refractivity contribution in [1.82, 2.24) is 10.1 Å². The fourth-order valence-electron chi connectivity index (χ4n) is 2.36. The lowest BCUT2D eigenvalue weighted by Gasteiger charge is -2.09. The van der Waals surface area contributed by atoms with Gasteiger partial charge in [-0.1, -0.05) is 17.3 Å². The number of hydrogen-bond acceptors (Lipinski definition) is 7. The summed E-state index contributed by atoms with van der Waals surface area (Å²) in [7, 11) is -3.34. The number of nitrogens with zero attached hydrogens (tertiary/aromatic N) is 3. The number of rotatable bonds is 5. The molecule has 0 saturated carbocycles. The van der Waals surface area contributed by atoms with Crippen molar-refractivity contribution in [2.24, 2.45) is 0 Å². The molecule has 22 heavy (non-hydrogen) atoms. The molecule has 0 bridgehead atoms. The highest BCUT2D eigenvalue weighted by atomic mass is 32.2. The number of benzene rings is 1. The zero-order valence-electron chi connectivity index (χ0n) is 12.2. The average Bonchev–Trinajstić information content (AvgIpc) is 3.15. The Labute approximate surface area is 128 Å². The normalized spacial score (nSPS) is 15.2. The highest BCUT2D eigenvalue weighted by Gasteiger charge is 2.19. The van der Waals surface area contributed by atoms with Crippen LogP contribution in [-0.2, 0) is 16.4 Å². The smallest absolute Gasteiger partial charge is 0.324 e. The van der Waals surface area contributed by atoms with E-state index < -0.39 is 9.84 Å². The van der Waals surface area contributed by atoms with E-state index in [1.807, 2.05) is 4.90 Å². The van der Waals surface area contributed by atoms with E-state index in [2.05, 4.69) is 10.1 Å². The van der Waals surface area contributed by atoms with Gasteiger partial charge in [0, 0.05) is 19.3 Å². The van der Waals surface area contributed by atoms with Crippen LogP contribution in [0.3, 0.4) is 0 Å². The summed E-state index contributed by atoms with van der Waals surface area (Å²) in [6.07, 6.45) is 3.39. The highest BCUT2D eigenvalue weighted by molar-refractivity contribution is 7.90. The monoisotopic (exact) mass is 323 g/mol. The van der Waals surface area contributed by atoms with Gasteiger partial charge in [-0.15, -0.1) is 0 Å². The second-order valence-corrected chi connectivity index (χ2v) is 7.18. The molecule has 0 radical (unpaired) electrons. The van der Waals surface area contributed by atoms with Gasteiger partial charge in [-0.3, -0.25) is 0 Å². The van der Waals surface area contributed by atoms with E-state index in [9.17, 15) is 8.42 Å². The van der Waals surface area contributed by atoms with E-state index in [1.54, 1.807) is 18.2 Å². The lowest BCUT2D eigenvalue weighted by Crippen LogP contribution is -2.17. The molecule has 1 aliphatic rings. The van der Waals surface area contributed by atoms with E-state index in [0.717, 1.165) is 32.2 Å². The zero-order valence-corrected chi connectivity index (χ0v) is 13.0. The molecule has 1 aliphatic heterocycles. The van der Waals surface area contributed by atoms with Gasteiger partial charge < -0.3 is 14.2 Å². The van der Waals surface area contributed by atoms with Gasteiger partial charge in [0.25, 0.3) is 0 Å². The standard InChI is InChI=1S/C14H17N3O4S/c1-22(18,19)12-7-3-2-6-11(12)20-10-13-15-14(21-16-13)17-8-4-5-9-17/h2-3,6-7H,4-5,8-10H2,1H3. The zero-order chi connectivity index (χ0) is 15.6. The summed E-state index contributed by atoms with van der Waals surface area (Å²) in [5, 5.41) is 3.87. The Balaban J connectivity index is 1.71. The van der Waals surface area contributed by atoms with Crippen LogP contribution >= 0.6 is 0 Å². The van der Waals surface area contributed by atoms with E-state index in [4.69, 9.17) is 9.26 Å². The molecule has 1 aromatic heterocycles. The van der Waals surface area contributed by atoms with E-state index in [-0.39, 0.29) is 17.3 Å². The highest BCUT2D eigenvalue weighted by Crippen LogP contribution is 2.24. The van der Waals surface area contributed by atoms with Gasteiger partial charge in [0.05, 0.1) is 0 Å². The predicted octanol–water partition coefficient (Wildman–Crippen LogP) is 1.65. The molecule has 1 saturated heterocycles. The second-order valence-electron chi connectivity index (χ2n) is 5.19. The molecule has 0 atom stereocenters. The van der Waals surface area contributed by atoms with Gasteiger partial charge >= 0.3 is 6.01 Å². The van der Waals surface area contributed by atoms with Crippen LogP contribution in [0.1, 0.15) is 18.7 Å². The van der Waals surface area contributed by atoms with Crippen LogP contribution in [0.15, 0.2) is 33.7 Å². The summed E-state index contributed by atoms with van der Waals surface area (Å²) in [5.74, 6) is 0.683. The van der Waals surface area contributed by atoms with Crippen LogP contribution in [0.25, 0.3) is 0 Å². The number of anilines is 1. The molecule has 2 aromatic rings. The minimum Gasteiger partial charge on any atom is -0.484 e. The molecule has 1 aromatic carbocycles. The number of aromatic nitrogens is 2. The minimum absolute atomic E-state index is 0.0594. The lowest BCUT2D eigenvalue weighted by molar-refractivity contribution is 0.280. The molecule has 2 heterocycles. The Hall–Kier alpha value is -2.09. The summed E-state index contributed by atoms with van der Waals surface area (Å²) in [6, 6.07) is 6.99. The molecule has 3 rings (SSSR count). The summed E-state index contributed by atoms with van der Waals surface area (Å²) >= 11 is 0. The first-order valence-corrected chi connectivity index (χ1v) is 8.92. The third-order valence-corrected chi connectivity index (χ3v) is 4.58. The lowest BCUT2D eigenvalue weighted by atomic mass is 10.3. The molecule has 0 spiro atoms. The van der Waals surface area contributed by atoms with E-state index in [0.29, 0.717) is 11.8 Å². The van der Waals surface area contributed by atoms with E-state index >= 15 is 0 Å². The summed E-state index contributed by atoms with van der Waals surface area (Å²) in [6.45, 7) is 1.89. The van der Waals surface area contributed by atoms with Gasteiger partial charge in [-0.2, -0.15) is 4.98 Å². The summed E-state index contributed by atoms with van der Waals surface area (Å²) in [5.41, 5.74) is 0. The van der Waals surface area contributed by atoms with Crippen LogP contribution < -0.4 is 9.64 Å². The molecule has 7 nitrogen and oxygen atoms in total. The van der Waals surface area contributed by atoms with Crippen LogP contribution in [0.2, 0.25) is 0 Å². The molecular formula is C14H17N3O4S. The first-order chi connectivity index (χ1) is 10.5. The summed E-state index contributed by atoms with van der Waals surface area (Å²) in [4.78, 5) is 6.45. The average molecular weight is 323 g/mol. The Bertz CT molecular complexity index is 751. The van der Waals surface area contributed by atoms with Crippen LogP contribution in [-0.4, -0.2) is 37.9 Å². The molecule has 0 unspecified atom stereocenters. The maximum absolute atomic E-state index is 11.7. The van der Waals surface area contributed by atoms with E-state index in [1.165, 1.54) is 6.07 Å². The van der Waals surface area contributed by atoms with Crippen molar-refractivity contribution >= 4 is 15.9 Å². The molecule has 0 N–H and O–H groups in total. The number of hydrogen-bond donors (Lipinski definition) is 0. The van der Waals surface area contributed by atoms with Gasteiger partial charge in [0.1, 0.15) is 10.6 Å². The molecule has 8 heteroatoms. The topological polar surface area (TPSA) is 85.5 Å². The molecule has 118 valence electrons. The largest absolute Gasteiger partial charge is 0.484 e. The van der Waals surface area contributed by atoms with Crippen molar-refractivity contribution in [2.45, 2.75) is 24.3 Å². The third-order valence-electron chi connectivity index (χ3n) is 3.44. The molecule has 0 aliphatic carbocycles. The predicted molar refractivity (Wildman–Crippen MR) is 79.6 cm³/mol. The number of ether oxygens (including phenoxy) is 1. The maximum Gasteiger partial charge on any atom is 0.324 e. The quantitative estimate of drug-likeness (QED) is 0.827. The first-order valence-electron chi connectivity index (χ1n) is 7.03. The second kappa shape index (κ2) is 5.96. The molecular weight excluding hydrogens is 306 g/mol. The van der Waals surface area contributed by atoms with Crippen molar-refractivity contribution in [3.63, 3.8) is 0 Å². The van der Waals surface area contributed by atoms with Crippen molar-refractivity contribution in [1.29, 1.82) is 0 Å². The third kappa shape index (κ3) is 3.22. The molecule has 0 amide bonds. The van der Waals surface area contributed by atoms with Gasteiger partial charge in [0.15, 0.2) is 16.4 Å². The Morgan fingerprint density at radius 2 is 2.00 bits per heavy atom. The van der Waals surface area contributed by atoms with Crippen LogP contribution in [0.5, 0.6) is 5.75 Å². The Kier molecular flexibility index (Phi) is 4.02. The Morgan fingerprint density at radius 1 is 1.27 bits per heavy atom. The van der Waals surface area contributed by atoms with Gasteiger partial charge in [0.2, 0.25) is 5.82 Å².